The quantitative estimate of drug-likeness (QED) is 0.163. The number of nitrogens with zero attached hydrogens (tertiary/aromatic N) is 1. The highest BCUT2D eigenvalue weighted by Gasteiger charge is 2.70. The third-order valence-electron chi connectivity index (χ3n) is 24.8. The number of hydrogen-bond donors (Lipinski definition) is 0. The molecule has 95 heavy (non-hydrogen) atoms. The van der Waals surface area contributed by atoms with Crippen molar-refractivity contribution in [3.63, 3.8) is 0 Å². The molecule has 0 saturated carbocycles. The summed E-state index contributed by atoms with van der Waals surface area (Å²) in [7, 11) is 0. The first kappa shape index (κ1) is 49.7. The van der Waals surface area contributed by atoms with Crippen molar-refractivity contribution in [3.05, 3.63) is 374 Å². The zero-order chi connectivity index (χ0) is 61.2. The molecule has 0 aliphatic heterocycles. The molecule has 3 heterocycles. The zero-order valence-corrected chi connectivity index (χ0v) is 52.9. The number of benzene rings is 15. The molecule has 3 aromatic heterocycles. The fourth-order valence-corrected chi connectivity index (χ4v) is 24.6. The predicted molar refractivity (Wildman–Crippen MR) is 395 cm³/mol. The molecule has 8 aliphatic carbocycles. The number of fused-ring (bicyclic) bond motifs is 3. The van der Waals surface area contributed by atoms with Crippen molar-refractivity contribution < 1.29 is 0 Å². The fourth-order valence-electron chi connectivity index (χ4n) is 22.3. The predicted octanol–water partition coefficient (Wildman–Crippen LogP) is 22.9. The molecule has 4 unspecified atom stereocenters. The molecule has 0 N–H and O–H groups in total. The molecule has 1 nitrogen and oxygen atoms in total. The van der Waals surface area contributed by atoms with E-state index in [0.717, 1.165) is 12.8 Å². The Morgan fingerprint density at radius 1 is 0.232 bits per heavy atom. The normalized spacial score (nSPS) is 20.3. The van der Waals surface area contributed by atoms with Crippen LogP contribution in [0.2, 0.25) is 0 Å². The second kappa shape index (κ2) is 16.5. The largest absolute Gasteiger partial charge is 0.309 e. The topological polar surface area (TPSA) is 4.93 Å². The molecule has 3 heteroatoms. The summed E-state index contributed by atoms with van der Waals surface area (Å²) >= 11 is 3.92. The van der Waals surface area contributed by atoms with E-state index in [1.807, 2.05) is 22.7 Å². The van der Waals surface area contributed by atoms with Crippen LogP contribution in [-0.2, 0) is 34.5 Å². The highest BCUT2D eigenvalue weighted by molar-refractivity contribution is 7.26. The van der Waals surface area contributed by atoms with Crippen LogP contribution in [0.5, 0.6) is 0 Å². The van der Waals surface area contributed by atoms with Crippen molar-refractivity contribution in [1.82, 2.24) is 4.57 Å². The molecule has 0 saturated heterocycles. The van der Waals surface area contributed by atoms with Crippen LogP contribution in [0.1, 0.15) is 89.0 Å². The second-order valence-electron chi connectivity index (χ2n) is 28.1. The summed E-state index contributed by atoms with van der Waals surface area (Å²) in [6.45, 7) is 0. The Morgan fingerprint density at radius 2 is 0.547 bits per heavy atom. The van der Waals surface area contributed by atoms with Crippen LogP contribution in [0, 0.1) is 0 Å². The molecule has 15 aromatic carbocycles. The SMILES string of the molecule is c1cc2c3c(c1)C14c5cccc6c(-n7c8ccccc8c8ccccc87)ccc(c56)C1(c1cccc(c1-3)C2)c1cccc2sc3cccc4c3c12.c1ccc(-c2ccc3c4c(cccc24)C24c5cccc6c5-c5c(cccc5C32c2cccc3sc5cccc4c5c23)C6)cc1. The van der Waals surface area contributed by atoms with Crippen molar-refractivity contribution in [1.29, 1.82) is 0 Å². The van der Waals surface area contributed by atoms with Crippen LogP contribution < -0.4 is 0 Å². The lowest BCUT2D eigenvalue weighted by Gasteiger charge is -2.55. The van der Waals surface area contributed by atoms with Gasteiger partial charge in [0.25, 0.3) is 0 Å². The van der Waals surface area contributed by atoms with E-state index in [9.17, 15) is 0 Å². The summed E-state index contributed by atoms with van der Waals surface area (Å²) in [5.74, 6) is 0. The van der Waals surface area contributed by atoms with Crippen LogP contribution in [0.3, 0.4) is 0 Å². The number of para-hydroxylation sites is 2. The summed E-state index contributed by atoms with van der Waals surface area (Å²) in [4.78, 5) is 0. The van der Waals surface area contributed by atoms with Gasteiger partial charge < -0.3 is 4.57 Å². The first-order valence-electron chi connectivity index (χ1n) is 33.7. The first-order valence-corrected chi connectivity index (χ1v) is 35.4. The molecular formula is C92H51NS2. The van der Waals surface area contributed by atoms with Gasteiger partial charge >= 0.3 is 0 Å². The average molecular weight is 1230 g/mol. The summed E-state index contributed by atoms with van der Waals surface area (Å²) in [6, 6.07) is 111. The lowest BCUT2D eigenvalue weighted by molar-refractivity contribution is 0.439. The Morgan fingerprint density at radius 3 is 0.979 bits per heavy atom. The Labute approximate surface area is 554 Å². The van der Waals surface area contributed by atoms with E-state index in [2.05, 4.69) is 290 Å². The second-order valence-corrected chi connectivity index (χ2v) is 30.3. The maximum absolute atomic E-state index is 2.53. The van der Waals surface area contributed by atoms with Gasteiger partial charge in [-0.1, -0.05) is 243 Å². The number of aromatic nitrogens is 1. The van der Waals surface area contributed by atoms with Gasteiger partial charge in [0.2, 0.25) is 0 Å². The molecule has 0 bridgehead atoms. The highest BCUT2D eigenvalue weighted by atomic mass is 32.1. The number of hydrogen-bond acceptors (Lipinski definition) is 2. The van der Waals surface area contributed by atoms with Crippen molar-refractivity contribution in [2.45, 2.75) is 34.5 Å². The molecule has 0 fully saturated rings. The number of rotatable bonds is 2. The highest BCUT2D eigenvalue weighted by Crippen LogP contribution is 2.78. The Balaban J connectivity index is 0.000000116. The minimum atomic E-state index is -0.433. The molecular weight excluding hydrogens is 1180 g/mol. The lowest BCUT2D eigenvalue weighted by atomic mass is 9.44. The van der Waals surface area contributed by atoms with E-state index >= 15 is 0 Å². The van der Waals surface area contributed by atoms with E-state index in [-0.39, 0.29) is 10.8 Å². The summed E-state index contributed by atoms with van der Waals surface area (Å²) < 4.78 is 8.09. The van der Waals surface area contributed by atoms with E-state index < -0.39 is 10.8 Å². The average Bonchev–Trinajstić information content (AvgIpc) is 1.48. The monoisotopic (exact) mass is 1230 g/mol. The molecule has 0 radical (unpaired) electrons. The van der Waals surface area contributed by atoms with Crippen LogP contribution in [0.15, 0.2) is 285 Å². The lowest BCUT2D eigenvalue weighted by Crippen LogP contribution is -2.53. The van der Waals surface area contributed by atoms with Gasteiger partial charge in [-0.3, -0.25) is 0 Å². The molecule has 0 amide bonds. The van der Waals surface area contributed by atoms with Crippen molar-refractivity contribution >= 4 is 106 Å². The Bertz CT molecular complexity index is 6440. The van der Waals surface area contributed by atoms with E-state index in [1.54, 1.807) is 0 Å². The molecule has 8 aliphatic rings. The minimum Gasteiger partial charge on any atom is -0.309 e. The van der Waals surface area contributed by atoms with Crippen LogP contribution in [0.4, 0.5) is 0 Å². The van der Waals surface area contributed by atoms with E-state index in [0.29, 0.717) is 0 Å². The first-order chi connectivity index (χ1) is 47.1. The van der Waals surface area contributed by atoms with Crippen molar-refractivity contribution in [2.24, 2.45) is 0 Å². The molecule has 436 valence electrons. The van der Waals surface area contributed by atoms with Gasteiger partial charge in [-0.05, 0) is 194 Å². The minimum absolute atomic E-state index is 0.382. The third-order valence-corrected chi connectivity index (χ3v) is 27.1. The zero-order valence-electron chi connectivity index (χ0n) is 51.3. The number of thiophene rings is 2. The molecule has 26 rings (SSSR count). The summed E-state index contributed by atoms with van der Waals surface area (Å²) in [6.07, 6.45) is 2.01. The van der Waals surface area contributed by atoms with Crippen LogP contribution >= 0.6 is 22.7 Å². The molecule has 18 aromatic rings. The maximum Gasteiger partial charge on any atom is 0.0648 e. The molecule has 0 spiro atoms. The van der Waals surface area contributed by atoms with Gasteiger partial charge in [0, 0.05) is 56.5 Å². The van der Waals surface area contributed by atoms with Crippen LogP contribution in [-0.4, -0.2) is 4.57 Å². The van der Waals surface area contributed by atoms with Gasteiger partial charge in [-0.25, -0.2) is 0 Å². The third kappa shape index (κ3) is 5.10. The smallest absolute Gasteiger partial charge is 0.0648 e. The standard InChI is InChI=1S/C49H27NS.C43H24S/c1-3-20-38-29(12-1)30-13-2-4-21-39(30)50(38)40-25-24-37-45-31(40)14-7-17-34(45)48-32-15-5-10-27-26-28-11-6-16-33(44(28)43(27)32)49(37,48)36-19-9-23-42-47(36)46-35(48)18-8-22-41(46)51-42;1-2-9-24(10-3-1)27-21-22-34-39-28(27)13-6-16-31(39)42-29-14-4-11-25-23-26-12-5-15-30(38(26)37(25)29)43(34,42)33-18-8-20-36-41(33)40-32(42)17-7-19-35(40)44-36/h1-25H,26H2;1-22H,23H2. The van der Waals surface area contributed by atoms with Crippen LogP contribution in [0.25, 0.3) is 123 Å². The Kier molecular flexibility index (Phi) is 8.63. The molecule has 4 atom stereocenters. The van der Waals surface area contributed by atoms with Gasteiger partial charge in [0.1, 0.15) is 0 Å². The van der Waals surface area contributed by atoms with E-state index in [1.165, 1.54) is 212 Å². The maximum atomic E-state index is 2.53. The van der Waals surface area contributed by atoms with Gasteiger partial charge in [-0.2, -0.15) is 0 Å². The van der Waals surface area contributed by atoms with Gasteiger partial charge in [-0.15, -0.1) is 22.7 Å². The van der Waals surface area contributed by atoms with E-state index in [4.69, 9.17) is 0 Å². The summed E-state index contributed by atoms with van der Waals surface area (Å²) in [5, 5.41) is 13.9. The van der Waals surface area contributed by atoms with Crippen molar-refractivity contribution in [3.8, 4) is 39.1 Å². The fraction of sp³-hybridized carbons (Fsp3) is 0.0652. The van der Waals surface area contributed by atoms with Gasteiger partial charge in [0.15, 0.2) is 0 Å². The Hall–Kier alpha value is -10.9. The van der Waals surface area contributed by atoms with Crippen molar-refractivity contribution in [2.75, 3.05) is 0 Å². The summed E-state index contributed by atoms with van der Waals surface area (Å²) in [5.41, 5.74) is 34.1. The van der Waals surface area contributed by atoms with Gasteiger partial charge in [0.05, 0.1) is 38.4 Å².